The number of carbonyl (C=O) groups excluding carboxylic acids is 3. The standard InChI is InChI=1S/C26H37N5O7/c27-12-4-3-8-18(29-23(34)17-7-5-13-28-15-17)24(35)30-19(10-11-22(32)33)25(36)31-20-9-2-1-6-16(20)14-21(31)26(37)38/h5,7,13,15-16,18-21H,1-4,6,8-12,14,27H2,(H,29,34)(H,30,35)(H,32,33)(H,37,38)/t16-,18-,19+,20-,21-/m0/s1. The Balaban J connectivity index is 1.80. The van der Waals surface area contributed by atoms with Crippen LogP contribution in [0.2, 0.25) is 0 Å². The van der Waals surface area contributed by atoms with Gasteiger partial charge in [0.25, 0.3) is 5.91 Å². The SMILES string of the molecule is NCCCC[C@H](NC(=O)c1cccnc1)C(=O)N[C@H](CCC(=O)O)C(=O)N1[C@H](C(=O)O)C[C@@H]2CCCC[C@@H]21. The third-order valence-electron chi connectivity index (χ3n) is 7.38. The van der Waals surface area contributed by atoms with E-state index in [-0.39, 0.29) is 30.4 Å². The first-order valence-corrected chi connectivity index (χ1v) is 13.2. The minimum atomic E-state index is -1.24. The van der Waals surface area contributed by atoms with Crippen molar-refractivity contribution in [2.24, 2.45) is 11.7 Å². The van der Waals surface area contributed by atoms with Crippen molar-refractivity contribution in [1.29, 1.82) is 0 Å². The molecule has 12 heteroatoms. The highest BCUT2D eigenvalue weighted by Gasteiger charge is 2.49. The average Bonchev–Trinajstić information content (AvgIpc) is 3.30. The van der Waals surface area contributed by atoms with Gasteiger partial charge in [0.1, 0.15) is 18.1 Å². The van der Waals surface area contributed by atoms with Gasteiger partial charge in [-0.2, -0.15) is 0 Å². The molecule has 208 valence electrons. The first kappa shape index (κ1) is 29.0. The number of nitrogens with zero attached hydrogens (tertiary/aromatic N) is 2. The van der Waals surface area contributed by atoms with Crippen LogP contribution in [0.5, 0.6) is 0 Å². The van der Waals surface area contributed by atoms with Gasteiger partial charge in [0.2, 0.25) is 11.8 Å². The summed E-state index contributed by atoms with van der Waals surface area (Å²) in [5.74, 6) is -3.95. The summed E-state index contributed by atoms with van der Waals surface area (Å²) >= 11 is 0. The summed E-state index contributed by atoms with van der Waals surface area (Å²) in [5.41, 5.74) is 5.84. The van der Waals surface area contributed by atoms with Gasteiger partial charge in [-0.05, 0) is 69.5 Å². The van der Waals surface area contributed by atoms with E-state index in [0.717, 1.165) is 19.3 Å². The molecule has 2 heterocycles. The Morgan fingerprint density at radius 3 is 2.47 bits per heavy atom. The van der Waals surface area contributed by atoms with Gasteiger partial charge in [-0.25, -0.2) is 4.79 Å². The molecule has 0 radical (unpaired) electrons. The van der Waals surface area contributed by atoms with Crippen molar-refractivity contribution >= 4 is 29.7 Å². The van der Waals surface area contributed by atoms with Crippen LogP contribution in [0.4, 0.5) is 0 Å². The van der Waals surface area contributed by atoms with Crippen LogP contribution in [-0.2, 0) is 19.2 Å². The van der Waals surface area contributed by atoms with Gasteiger partial charge < -0.3 is 31.5 Å². The maximum atomic E-state index is 13.7. The first-order chi connectivity index (χ1) is 18.2. The van der Waals surface area contributed by atoms with Crippen molar-refractivity contribution < 1.29 is 34.2 Å². The molecule has 1 saturated heterocycles. The third kappa shape index (κ3) is 7.50. The molecule has 2 fully saturated rings. The predicted molar refractivity (Wildman–Crippen MR) is 136 cm³/mol. The zero-order chi connectivity index (χ0) is 27.7. The van der Waals surface area contributed by atoms with Crippen molar-refractivity contribution in [1.82, 2.24) is 20.5 Å². The highest BCUT2D eigenvalue weighted by molar-refractivity contribution is 5.98. The van der Waals surface area contributed by atoms with Crippen LogP contribution in [0.1, 0.15) is 74.6 Å². The lowest BCUT2D eigenvalue weighted by Gasteiger charge is -2.35. The average molecular weight is 532 g/mol. The van der Waals surface area contributed by atoms with E-state index in [1.807, 2.05) is 0 Å². The molecule has 12 nitrogen and oxygen atoms in total. The summed E-state index contributed by atoms with van der Waals surface area (Å²) in [7, 11) is 0. The van der Waals surface area contributed by atoms with Crippen LogP contribution in [-0.4, -0.2) is 80.5 Å². The summed E-state index contributed by atoms with van der Waals surface area (Å²) in [6, 6.07) is -0.389. The second-order valence-corrected chi connectivity index (χ2v) is 9.99. The second kappa shape index (κ2) is 13.8. The number of hydrogen-bond donors (Lipinski definition) is 5. The molecular formula is C26H37N5O7. The van der Waals surface area contributed by atoms with Gasteiger partial charge in [-0.3, -0.25) is 24.2 Å². The molecule has 0 unspecified atom stereocenters. The molecular weight excluding hydrogens is 494 g/mol. The fourth-order valence-corrected chi connectivity index (χ4v) is 5.48. The monoisotopic (exact) mass is 531 g/mol. The number of nitrogens with one attached hydrogen (secondary N) is 2. The number of carboxylic acid groups (broad SMARTS) is 2. The Kier molecular flexibility index (Phi) is 10.6. The Morgan fingerprint density at radius 2 is 1.82 bits per heavy atom. The molecule has 5 atom stereocenters. The lowest BCUT2D eigenvalue weighted by molar-refractivity contribution is -0.151. The number of pyridine rings is 1. The van der Waals surface area contributed by atoms with E-state index in [2.05, 4.69) is 15.6 Å². The predicted octanol–water partition coefficient (Wildman–Crippen LogP) is 0.903. The van der Waals surface area contributed by atoms with Crippen molar-refractivity contribution in [3.05, 3.63) is 30.1 Å². The fraction of sp³-hybridized carbons (Fsp3) is 0.615. The Hall–Kier alpha value is -3.54. The smallest absolute Gasteiger partial charge is 0.326 e. The molecule has 1 aliphatic carbocycles. The number of nitrogens with two attached hydrogens (primary N) is 1. The fourth-order valence-electron chi connectivity index (χ4n) is 5.48. The zero-order valence-corrected chi connectivity index (χ0v) is 21.4. The number of hydrogen-bond acceptors (Lipinski definition) is 7. The first-order valence-electron chi connectivity index (χ1n) is 13.2. The van der Waals surface area contributed by atoms with Gasteiger partial charge in [-0.15, -0.1) is 0 Å². The molecule has 0 bridgehead atoms. The molecule has 2 aliphatic rings. The molecule has 1 aromatic rings. The van der Waals surface area contributed by atoms with Crippen molar-refractivity contribution in [2.45, 2.75) is 88.4 Å². The topological polar surface area (TPSA) is 192 Å². The van der Waals surface area contributed by atoms with Gasteiger partial charge >= 0.3 is 11.9 Å². The molecule has 0 aromatic carbocycles. The van der Waals surface area contributed by atoms with E-state index in [1.54, 1.807) is 12.1 Å². The Morgan fingerprint density at radius 1 is 1.05 bits per heavy atom. The second-order valence-electron chi connectivity index (χ2n) is 9.99. The number of aliphatic carboxylic acids is 2. The molecule has 1 aromatic heterocycles. The molecule has 38 heavy (non-hydrogen) atoms. The summed E-state index contributed by atoms with van der Waals surface area (Å²) in [6.07, 6.45) is 7.36. The van der Waals surface area contributed by atoms with Gasteiger partial charge in [0.05, 0.1) is 5.56 Å². The van der Waals surface area contributed by atoms with Crippen LogP contribution in [0.25, 0.3) is 0 Å². The van der Waals surface area contributed by atoms with Crippen LogP contribution in [0, 0.1) is 5.92 Å². The summed E-state index contributed by atoms with van der Waals surface area (Å²) in [5, 5.41) is 24.4. The highest BCUT2D eigenvalue weighted by Crippen LogP contribution is 2.40. The number of fused-ring (bicyclic) bond motifs is 1. The normalized spacial score (nSPS) is 22.1. The highest BCUT2D eigenvalue weighted by atomic mass is 16.4. The maximum absolute atomic E-state index is 13.7. The van der Waals surface area contributed by atoms with Gasteiger partial charge in [-0.1, -0.05) is 12.8 Å². The van der Waals surface area contributed by atoms with Gasteiger partial charge in [0, 0.05) is 24.9 Å². The summed E-state index contributed by atoms with van der Waals surface area (Å²) in [6.45, 7) is 0.401. The molecule has 6 N–H and O–H groups in total. The van der Waals surface area contributed by atoms with E-state index >= 15 is 0 Å². The summed E-state index contributed by atoms with van der Waals surface area (Å²) < 4.78 is 0. The number of carboxylic acids is 2. The minimum Gasteiger partial charge on any atom is -0.481 e. The van der Waals surface area contributed by atoms with Crippen molar-refractivity contribution in [3.63, 3.8) is 0 Å². The number of amides is 3. The largest absolute Gasteiger partial charge is 0.481 e. The third-order valence-corrected chi connectivity index (χ3v) is 7.38. The van der Waals surface area contributed by atoms with Crippen LogP contribution < -0.4 is 16.4 Å². The van der Waals surface area contributed by atoms with Crippen LogP contribution in [0.15, 0.2) is 24.5 Å². The maximum Gasteiger partial charge on any atom is 0.326 e. The minimum absolute atomic E-state index is 0.0624. The van der Waals surface area contributed by atoms with E-state index < -0.39 is 54.2 Å². The number of likely N-dealkylation sites (tertiary alicyclic amines) is 1. The molecule has 1 aliphatic heterocycles. The van der Waals surface area contributed by atoms with Crippen LogP contribution >= 0.6 is 0 Å². The number of rotatable bonds is 13. The van der Waals surface area contributed by atoms with E-state index in [4.69, 9.17) is 5.73 Å². The molecule has 3 amide bonds. The Labute approximate surface area is 221 Å². The van der Waals surface area contributed by atoms with E-state index in [9.17, 15) is 34.2 Å². The van der Waals surface area contributed by atoms with E-state index in [1.165, 1.54) is 17.3 Å². The lowest BCUT2D eigenvalue weighted by Crippen LogP contribution is -2.57. The number of aromatic nitrogens is 1. The molecule has 1 saturated carbocycles. The van der Waals surface area contributed by atoms with E-state index in [0.29, 0.717) is 32.2 Å². The van der Waals surface area contributed by atoms with Crippen molar-refractivity contribution in [3.8, 4) is 0 Å². The van der Waals surface area contributed by atoms with Crippen molar-refractivity contribution in [2.75, 3.05) is 6.54 Å². The number of unbranched alkanes of at least 4 members (excludes halogenated alkanes) is 1. The molecule has 0 spiro atoms. The number of carbonyl (C=O) groups is 5. The lowest BCUT2D eigenvalue weighted by atomic mass is 9.84. The Bertz CT molecular complexity index is 1000. The van der Waals surface area contributed by atoms with Crippen LogP contribution in [0.3, 0.4) is 0 Å². The summed E-state index contributed by atoms with van der Waals surface area (Å²) in [4.78, 5) is 68.5. The molecule has 3 rings (SSSR count). The van der Waals surface area contributed by atoms with Gasteiger partial charge in [0.15, 0.2) is 0 Å². The quantitative estimate of drug-likeness (QED) is 0.230. The zero-order valence-electron chi connectivity index (χ0n) is 21.4.